The van der Waals surface area contributed by atoms with Crippen LogP contribution < -0.4 is 4.74 Å². The highest BCUT2D eigenvalue weighted by atomic mass is 35.5. The summed E-state index contributed by atoms with van der Waals surface area (Å²) < 4.78 is 6.26. The Bertz CT molecular complexity index is 1260. The van der Waals surface area contributed by atoms with Crippen LogP contribution in [0.1, 0.15) is 40.4 Å². The third-order valence-corrected chi connectivity index (χ3v) is 7.11. The fourth-order valence-electron chi connectivity index (χ4n) is 4.33. The first-order valence-electron chi connectivity index (χ1n) is 11.1. The number of carboxylic acid groups (broad SMARTS) is 1. The molecular formula is C27H24Cl3NO4. The fraction of sp³-hybridized carbons (Fsp3) is 0.259. The third-order valence-electron chi connectivity index (χ3n) is 6.00. The number of hydrogen-bond acceptors (Lipinski definition) is 3. The van der Waals surface area contributed by atoms with E-state index < -0.39 is 11.6 Å². The van der Waals surface area contributed by atoms with E-state index in [9.17, 15) is 14.7 Å². The van der Waals surface area contributed by atoms with Crippen molar-refractivity contribution in [1.29, 1.82) is 0 Å². The number of rotatable bonds is 8. The molecule has 182 valence electrons. The van der Waals surface area contributed by atoms with Crippen LogP contribution in [0.5, 0.6) is 5.75 Å². The van der Waals surface area contributed by atoms with Gasteiger partial charge in [0.25, 0.3) is 5.91 Å². The van der Waals surface area contributed by atoms with Crippen LogP contribution in [0.4, 0.5) is 0 Å². The molecule has 0 bridgehead atoms. The van der Waals surface area contributed by atoms with Crippen LogP contribution in [0.25, 0.3) is 0 Å². The number of ether oxygens (including phenoxy) is 1. The molecule has 5 nitrogen and oxygen atoms in total. The summed E-state index contributed by atoms with van der Waals surface area (Å²) in [6.45, 7) is 2.23. The SMILES string of the molecule is C[C@]1(Cc2ccc(Cl)cc2)Cc2cc(C(=O)N(CCC(=O)O)Cc3cccc(Cl)c3Cl)ccc2O1. The maximum atomic E-state index is 13.4. The van der Waals surface area contributed by atoms with Crippen molar-refractivity contribution in [3.63, 3.8) is 0 Å². The number of carbonyl (C=O) groups excluding carboxylic acids is 1. The summed E-state index contributed by atoms with van der Waals surface area (Å²) in [5.74, 6) is -0.523. The molecule has 0 spiro atoms. The highest BCUT2D eigenvalue weighted by molar-refractivity contribution is 6.42. The van der Waals surface area contributed by atoms with E-state index in [0.29, 0.717) is 39.0 Å². The van der Waals surface area contributed by atoms with Gasteiger partial charge in [-0.25, -0.2) is 0 Å². The molecule has 0 radical (unpaired) electrons. The molecule has 3 aromatic rings. The normalized spacial score (nSPS) is 16.5. The second kappa shape index (κ2) is 10.5. The standard InChI is InChI=1S/C27H24Cl3NO4/c1-27(14-17-5-8-21(28)9-6-17)15-20-13-18(7-10-23(20)35-27)26(34)31(12-11-24(32)33)16-19-3-2-4-22(29)25(19)30/h2-10,13H,11-12,14-16H2,1H3,(H,32,33)/t27-/m0/s1. The van der Waals surface area contributed by atoms with Gasteiger partial charge in [-0.3, -0.25) is 9.59 Å². The van der Waals surface area contributed by atoms with E-state index in [1.165, 1.54) is 4.90 Å². The maximum Gasteiger partial charge on any atom is 0.305 e. The Labute approximate surface area is 219 Å². The number of halogens is 3. The topological polar surface area (TPSA) is 66.8 Å². The van der Waals surface area contributed by atoms with Crippen molar-refractivity contribution in [2.24, 2.45) is 0 Å². The summed E-state index contributed by atoms with van der Waals surface area (Å²) in [4.78, 5) is 26.1. The fourth-order valence-corrected chi connectivity index (χ4v) is 4.83. The quantitative estimate of drug-likeness (QED) is 0.350. The van der Waals surface area contributed by atoms with Crippen LogP contribution in [0.2, 0.25) is 15.1 Å². The van der Waals surface area contributed by atoms with Crippen molar-refractivity contribution in [1.82, 2.24) is 4.90 Å². The Morgan fingerprint density at radius 1 is 1.06 bits per heavy atom. The van der Waals surface area contributed by atoms with Gasteiger partial charge in [0.15, 0.2) is 0 Å². The number of hydrogen-bond donors (Lipinski definition) is 1. The first kappa shape index (κ1) is 25.4. The number of fused-ring (bicyclic) bond motifs is 1. The Kier molecular flexibility index (Phi) is 7.60. The second-order valence-electron chi connectivity index (χ2n) is 8.94. The summed E-state index contributed by atoms with van der Waals surface area (Å²) in [5.41, 5.74) is 2.71. The molecule has 1 N–H and O–H groups in total. The lowest BCUT2D eigenvalue weighted by Gasteiger charge is -2.24. The second-order valence-corrected chi connectivity index (χ2v) is 10.2. The smallest absolute Gasteiger partial charge is 0.305 e. The van der Waals surface area contributed by atoms with Crippen molar-refractivity contribution in [3.05, 3.63) is 98.0 Å². The van der Waals surface area contributed by atoms with Crippen molar-refractivity contribution in [2.75, 3.05) is 6.54 Å². The predicted octanol–water partition coefficient (Wildman–Crippen LogP) is 6.70. The minimum Gasteiger partial charge on any atom is -0.487 e. The molecule has 0 aliphatic carbocycles. The van der Waals surface area contributed by atoms with Crippen molar-refractivity contribution in [2.45, 2.75) is 38.3 Å². The van der Waals surface area contributed by atoms with E-state index in [-0.39, 0.29) is 25.4 Å². The van der Waals surface area contributed by atoms with Crippen LogP contribution in [0.3, 0.4) is 0 Å². The lowest BCUT2D eigenvalue weighted by atomic mass is 9.91. The van der Waals surface area contributed by atoms with Gasteiger partial charge < -0.3 is 14.7 Å². The Morgan fingerprint density at radius 3 is 2.51 bits per heavy atom. The van der Waals surface area contributed by atoms with E-state index in [0.717, 1.165) is 16.9 Å². The lowest BCUT2D eigenvalue weighted by Crippen LogP contribution is -2.33. The summed E-state index contributed by atoms with van der Waals surface area (Å²) >= 11 is 18.5. The molecule has 35 heavy (non-hydrogen) atoms. The van der Waals surface area contributed by atoms with Gasteiger partial charge >= 0.3 is 5.97 Å². The van der Waals surface area contributed by atoms with E-state index in [1.807, 2.05) is 37.3 Å². The molecule has 1 aliphatic rings. The predicted molar refractivity (Wildman–Crippen MR) is 138 cm³/mol. The number of amides is 1. The number of nitrogens with zero attached hydrogens (tertiary/aromatic N) is 1. The number of benzene rings is 3. The molecular weight excluding hydrogens is 509 g/mol. The molecule has 4 rings (SSSR count). The average molecular weight is 533 g/mol. The monoisotopic (exact) mass is 531 g/mol. The van der Waals surface area contributed by atoms with Gasteiger partial charge in [-0.05, 0) is 60.0 Å². The number of carbonyl (C=O) groups is 2. The summed E-state index contributed by atoms with van der Waals surface area (Å²) in [7, 11) is 0. The summed E-state index contributed by atoms with van der Waals surface area (Å²) in [5, 5.41) is 10.6. The minimum absolute atomic E-state index is 0.0406. The summed E-state index contributed by atoms with van der Waals surface area (Å²) in [6, 6.07) is 18.2. The molecule has 1 aliphatic heterocycles. The van der Waals surface area contributed by atoms with Crippen molar-refractivity contribution < 1.29 is 19.4 Å². The molecule has 3 aromatic carbocycles. The van der Waals surface area contributed by atoms with E-state index >= 15 is 0 Å². The molecule has 1 amide bonds. The zero-order chi connectivity index (χ0) is 25.2. The van der Waals surface area contributed by atoms with Crippen LogP contribution in [-0.2, 0) is 24.2 Å². The molecule has 0 unspecified atom stereocenters. The zero-order valence-corrected chi connectivity index (χ0v) is 21.3. The van der Waals surface area contributed by atoms with Crippen LogP contribution in [-0.4, -0.2) is 34.0 Å². The zero-order valence-electron chi connectivity index (χ0n) is 19.1. The van der Waals surface area contributed by atoms with E-state index in [2.05, 4.69) is 0 Å². The van der Waals surface area contributed by atoms with Crippen LogP contribution in [0, 0.1) is 0 Å². The molecule has 0 aromatic heterocycles. The highest BCUT2D eigenvalue weighted by Crippen LogP contribution is 2.38. The first-order valence-corrected chi connectivity index (χ1v) is 12.3. The number of carboxylic acids is 1. The first-order chi connectivity index (χ1) is 16.6. The van der Waals surface area contributed by atoms with E-state index in [4.69, 9.17) is 39.5 Å². The maximum absolute atomic E-state index is 13.4. The van der Waals surface area contributed by atoms with Crippen molar-refractivity contribution >= 4 is 46.7 Å². The van der Waals surface area contributed by atoms with Gasteiger partial charge in [-0.2, -0.15) is 0 Å². The number of aliphatic carboxylic acids is 1. The molecule has 0 fully saturated rings. The third kappa shape index (κ3) is 6.10. The molecule has 8 heteroatoms. The van der Waals surface area contributed by atoms with Crippen molar-refractivity contribution in [3.8, 4) is 5.75 Å². The van der Waals surface area contributed by atoms with Gasteiger partial charge in [-0.1, -0.05) is 59.1 Å². The Morgan fingerprint density at radius 2 is 1.80 bits per heavy atom. The van der Waals surface area contributed by atoms with Gasteiger partial charge in [0, 0.05) is 36.5 Å². The van der Waals surface area contributed by atoms with Gasteiger partial charge in [0.05, 0.1) is 16.5 Å². The molecule has 0 saturated carbocycles. The summed E-state index contributed by atoms with van der Waals surface area (Å²) in [6.07, 6.45) is 1.15. The van der Waals surface area contributed by atoms with E-state index in [1.54, 1.807) is 30.3 Å². The Balaban J connectivity index is 1.54. The lowest BCUT2D eigenvalue weighted by molar-refractivity contribution is -0.137. The van der Waals surface area contributed by atoms with Crippen LogP contribution >= 0.6 is 34.8 Å². The van der Waals surface area contributed by atoms with Gasteiger partial charge in [0.1, 0.15) is 11.4 Å². The largest absolute Gasteiger partial charge is 0.487 e. The minimum atomic E-state index is -0.986. The van der Waals surface area contributed by atoms with Gasteiger partial charge in [-0.15, -0.1) is 0 Å². The van der Waals surface area contributed by atoms with Crippen LogP contribution in [0.15, 0.2) is 60.7 Å². The molecule has 1 atom stereocenters. The van der Waals surface area contributed by atoms with Gasteiger partial charge in [0.2, 0.25) is 0 Å². The molecule has 1 heterocycles. The highest BCUT2D eigenvalue weighted by Gasteiger charge is 2.35. The average Bonchev–Trinajstić information content (AvgIpc) is 3.15. The Hall–Kier alpha value is -2.73. The molecule has 0 saturated heterocycles.